The zero-order valence-electron chi connectivity index (χ0n) is 8.91. The zero-order chi connectivity index (χ0) is 13.3. The van der Waals surface area contributed by atoms with Crippen LogP contribution in [0.4, 0.5) is 13.2 Å². The molecule has 0 radical (unpaired) electrons. The van der Waals surface area contributed by atoms with Crippen molar-refractivity contribution in [1.29, 1.82) is 0 Å². The molecule has 0 aliphatic carbocycles. The lowest BCUT2D eigenvalue weighted by atomic mass is 10.2. The van der Waals surface area contributed by atoms with Crippen molar-refractivity contribution in [3.05, 3.63) is 63.0 Å². The first-order valence-electron chi connectivity index (χ1n) is 4.94. The van der Waals surface area contributed by atoms with Gasteiger partial charge in [0.1, 0.15) is 0 Å². The maximum atomic E-state index is 12.6. The molecule has 0 saturated heterocycles. The fourth-order valence-corrected chi connectivity index (χ4v) is 1.72. The summed E-state index contributed by atoms with van der Waals surface area (Å²) >= 11 is 3.22. The number of nitrogens with zero attached hydrogens (tertiary/aromatic N) is 1. The van der Waals surface area contributed by atoms with Crippen molar-refractivity contribution in [2.75, 3.05) is 0 Å². The van der Waals surface area contributed by atoms with Crippen LogP contribution in [0.1, 0.15) is 5.56 Å². The van der Waals surface area contributed by atoms with Crippen LogP contribution in [0.3, 0.4) is 0 Å². The van der Waals surface area contributed by atoms with Crippen LogP contribution in [-0.4, -0.2) is 4.57 Å². The fourth-order valence-electron chi connectivity index (χ4n) is 1.46. The van der Waals surface area contributed by atoms with E-state index in [0.29, 0.717) is 5.69 Å². The Bertz CT molecular complexity index is 616. The fraction of sp³-hybridized carbons (Fsp3) is 0.0833. The van der Waals surface area contributed by atoms with Crippen molar-refractivity contribution in [3.8, 4) is 5.69 Å². The third-order valence-electron chi connectivity index (χ3n) is 2.34. The highest BCUT2D eigenvalue weighted by atomic mass is 79.9. The van der Waals surface area contributed by atoms with E-state index in [4.69, 9.17) is 0 Å². The number of hydrogen-bond acceptors (Lipinski definition) is 1. The second kappa shape index (κ2) is 4.61. The summed E-state index contributed by atoms with van der Waals surface area (Å²) in [4.78, 5) is 11.6. The van der Waals surface area contributed by atoms with E-state index in [0.717, 1.165) is 27.4 Å². The molecular formula is C12H7BrF3NO. The zero-order valence-corrected chi connectivity index (χ0v) is 10.5. The second-order valence-corrected chi connectivity index (χ2v) is 4.52. The average Bonchev–Trinajstić information content (AvgIpc) is 2.29. The standard InChI is InChI=1S/C12H7BrF3NO/c13-9-2-4-10(5-3-9)17-7-8(12(14,15)16)1-6-11(17)18/h1-7H. The van der Waals surface area contributed by atoms with E-state index < -0.39 is 17.3 Å². The van der Waals surface area contributed by atoms with Gasteiger partial charge in [0.15, 0.2) is 0 Å². The van der Waals surface area contributed by atoms with E-state index in [1.54, 1.807) is 24.3 Å². The van der Waals surface area contributed by atoms with Crippen LogP contribution < -0.4 is 5.56 Å². The molecule has 0 aliphatic rings. The predicted octanol–water partition coefficient (Wildman–Crippen LogP) is 3.62. The lowest BCUT2D eigenvalue weighted by molar-refractivity contribution is -0.138. The summed E-state index contributed by atoms with van der Waals surface area (Å²) < 4.78 is 39.4. The monoisotopic (exact) mass is 317 g/mol. The molecule has 0 N–H and O–H groups in total. The summed E-state index contributed by atoms with van der Waals surface area (Å²) in [6.45, 7) is 0. The second-order valence-electron chi connectivity index (χ2n) is 3.60. The highest BCUT2D eigenvalue weighted by Crippen LogP contribution is 2.28. The van der Waals surface area contributed by atoms with Crippen LogP contribution in [-0.2, 0) is 6.18 Å². The van der Waals surface area contributed by atoms with Gasteiger partial charge in [-0.2, -0.15) is 13.2 Å². The molecular weight excluding hydrogens is 311 g/mol. The number of hydrogen-bond donors (Lipinski definition) is 0. The summed E-state index contributed by atoms with van der Waals surface area (Å²) in [5.74, 6) is 0. The summed E-state index contributed by atoms with van der Waals surface area (Å²) in [5, 5.41) is 0. The molecule has 2 aromatic rings. The number of benzene rings is 1. The van der Waals surface area contributed by atoms with Crippen molar-refractivity contribution >= 4 is 15.9 Å². The van der Waals surface area contributed by atoms with Gasteiger partial charge in [0, 0.05) is 22.4 Å². The van der Waals surface area contributed by atoms with Crippen molar-refractivity contribution in [1.82, 2.24) is 4.57 Å². The molecule has 0 fully saturated rings. The van der Waals surface area contributed by atoms with E-state index >= 15 is 0 Å². The Kier molecular flexibility index (Phi) is 3.30. The number of aromatic nitrogens is 1. The van der Waals surface area contributed by atoms with Gasteiger partial charge < -0.3 is 0 Å². The van der Waals surface area contributed by atoms with Crippen LogP contribution in [0.5, 0.6) is 0 Å². The van der Waals surface area contributed by atoms with Crippen LogP contribution in [0.25, 0.3) is 5.69 Å². The number of pyridine rings is 1. The molecule has 0 unspecified atom stereocenters. The summed E-state index contributed by atoms with van der Waals surface area (Å²) in [6.07, 6.45) is -3.67. The Hall–Kier alpha value is -1.56. The van der Waals surface area contributed by atoms with Gasteiger partial charge in [-0.25, -0.2) is 0 Å². The third kappa shape index (κ3) is 2.64. The predicted molar refractivity (Wildman–Crippen MR) is 64.7 cm³/mol. The molecule has 1 aromatic heterocycles. The van der Waals surface area contributed by atoms with E-state index in [2.05, 4.69) is 15.9 Å². The Labute approximate surface area is 109 Å². The molecule has 1 aromatic carbocycles. The van der Waals surface area contributed by atoms with Gasteiger partial charge in [-0.15, -0.1) is 0 Å². The molecule has 94 valence electrons. The van der Waals surface area contributed by atoms with Crippen molar-refractivity contribution in [2.24, 2.45) is 0 Å². The van der Waals surface area contributed by atoms with Gasteiger partial charge in [0.25, 0.3) is 5.56 Å². The van der Waals surface area contributed by atoms with Gasteiger partial charge >= 0.3 is 6.18 Å². The summed E-state index contributed by atoms with van der Waals surface area (Å²) in [6, 6.07) is 8.11. The maximum absolute atomic E-state index is 12.6. The number of alkyl halides is 3. The van der Waals surface area contributed by atoms with Gasteiger partial charge in [-0.1, -0.05) is 15.9 Å². The van der Waals surface area contributed by atoms with Gasteiger partial charge in [0.05, 0.1) is 5.56 Å². The molecule has 0 saturated carbocycles. The first-order chi connectivity index (χ1) is 8.38. The van der Waals surface area contributed by atoms with Gasteiger partial charge in [-0.05, 0) is 30.3 Å². The number of rotatable bonds is 1. The van der Waals surface area contributed by atoms with Crippen molar-refractivity contribution in [2.45, 2.75) is 6.18 Å². The Balaban J connectivity index is 2.57. The molecule has 2 rings (SSSR count). The first-order valence-corrected chi connectivity index (χ1v) is 5.73. The van der Waals surface area contributed by atoms with Crippen molar-refractivity contribution < 1.29 is 13.2 Å². The molecule has 6 heteroatoms. The van der Waals surface area contributed by atoms with E-state index in [9.17, 15) is 18.0 Å². The SMILES string of the molecule is O=c1ccc(C(F)(F)F)cn1-c1ccc(Br)cc1. The third-order valence-corrected chi connectivity index (χ3v) is 2.87. The number of halogens is 4. The van der Waals surface area contributed by atoms with Gasteiger partial charge in [0.2, 0.25) is 0 Å². The largest absolute Gasteiger partial charge is 0.417 e. The Morgan fingerprint density at radius 2 is 1.61 bits per heavy atom. The van der Waals surface area contributed by atoms with Crippen LogP contribution in [0.2, 0.25) is 0 Å². The highest BCUT2D eigenvalue weighted by Gasteiger charge is 2.31. The molecule has 2 nitrogen and oxygen atoms in total. The highest BCUT2D eigenvalue weighted by molar-refractivity contribution is 9.10. The smallest absolute Gasteiger partial charge is 0.284 e. The summed E-state index contributed by atoms with van der Waals surface area (Å²) in [7, 11) is 0. The normalized spacial score (nSPS) is 11.6. The minimum Gasteiger partial charge on any atom is -0.284 e. The van der Waals surface area contributed by atoms with E-state index in [1.807, 2.05) is 0 Å². The Morgan fingerprint density at radius 3 is 2.17 bits per heavy atom. The average molecular weight is 318 g/mol. The molecule has 0 aliphatic heterocycles. The van der Waals surface area contributed by atoms with Crippen molar-refractivity contribution in [3.63, 3.8) is 0 Å². The maximum Gasteiger partial charge on any atom is 0.417 e. The molecule has 0 amide bonds. The minimum atomic E-state index is -4.47. The van der Waals surface area contributed by atoms with Crippen LogP contribution in [0, 0.1) is 0 Å². The van der Waals surface area contributed by atoms with Crippen LogP contribution in [0.15, 0.2) is 51.9 Å². The van der Waals surface area contributed by atoms with Crippen LogP contribution >= 0.6 is 15.9 Å². The lowest BCUT2D eigenvalue weighted by Gasteiger charge is -2.10. The molecule has 0 bridgehead atoms. The summed E-state index contributed by atoms with van der Waals surface area (Å²) in [5.41, 5.74) is -0.982. The lowest BCUT2D eigenvalue weighted by Crippen LogP contribution is -2.19. The van der Waals surface area contributed by atoms with E-state index in [1.165, 1.54) is 0 Å². The topological polar surface area (TPSA) is 22.0 Å². The van der Waals surface area contributed by atoms with E-state index in [-0.39, 0.29) is 0 Å². The Morgan fingerprint density at radius 1 is 1.00 bits per heavy atom. The molecule has 18 heavy (non-hydrogen) atoms. The molecule has 0 spiro atoms. The quantitative estimate of drug-likeness (QED) is 0.787. The minimum absolute atomic E-state index is 0.384. The van der Waals surface area contributed by atoms with Gasteiger partial charge in [-0.3, -0.25) is 9.36 Å². The first kappa shape index (κ1) is 12.9. The molecule has 1 heterocycles. The molecule has 0 atom stereocenters.